The zero-order valence-corrected chi connectivity index (χ0v) is 16.2. The van der Waals surface area contributed by atoms with Crippen LogP contribution in [0, 0.1) is 11.8 Å². The van der Waals surface area contributed by atoms with E-state index in [0.717, 1.165) is 36.8 Å². The molecular weight excluding hydrogens is 356 g/mol. The number of carboxylic acids is 1. The van der Waals surface area contributed by atoms with Gasteiger partial charge in [-0.25, -0.2) is 4.79 Å². The van der Waals surface area contributed by atoms with Crippen molar-refractivity contribution in [2.75, 3.05) is 13.1 Å². The second-order valence-electron chi connectivity index (χ2n) is 8.37. The molecule has 4 rings (SSSR count). The highest BCUT2D eigenvalue weighted by atomic mass is 16.4. The first kappa shape index (κ1) is 19.0. The first-order valence-electron chi connectivity index (χ1n) is 10.4. The molecule has 2 amide bonds. The summed E-state index contributed by atoms with van der Waals surface area (Å²) in [5.74, 6) is -0.799. The monoisotopic (exact) mass is 384 g/mol. The number of benzene rings is 1. The molecule has 2 aliphatic heterocycles. The number of carbonyl (C=O) groups is 3. The molecule has 0 bridgehead atoms. The lowest BCUT2D eigenvalue weighted by molar-refractivity contribution is -0.154. The standard InChI is InChI=1S/C22H28N2O4/c25-20(15-5-1-2-6-15)23-11-9-16(10-12-23)21(26)24-14-18-8-4-3-7-17(18)13-19(24)22(27)28/h3-4,7-8,15-16,19H,1-2,5-6,9-14H2,(H,27,28). The summed E-state index contributed by atoms with van der Waals surface area (Å²) in [5, 5.41) is 9.67. The van der Waals surface area contributed by atoms with Crippen molar-refractivity contribution in [1.82, 2.24) is 9.80 Å². The van der Waals surface area contributed by atoms with Crippen molar-refractivity contribution < 1.29 is 19.5 Å². The van der Waals surface area contributed by atoms with Crippen molar-refractivity contribution in [2.24, 2.45) is 11.8 Å². The molecular formula is C22H28N2O4. The Bertz CT molecular complexity index is 764. The van der Waals surface area contributed by atoms with E-state index < -0.39 is 12.0 Å². The quantitative estimate of drug-likeness (QED) is 0.868. The van der Waals surface area contributed by atoms with E-state index in [1.165, 1.54) is 0 Å². The average Bonchev–Trinajstić information content (AvgIpc) is 3.26. The number of amides is 2. The highest BCUT2D eigenvalue weighted by molar-refractivity contribution is 5.86. The van der Waals surface area contributed by atoms with Gasteiger partial charge in [-0.3, -0.25) is 9.59 Å². The van der Waals surface area contributed by atoms with Gasteiger partial charge >= 0.3 is 5.97 Å². The molecule has 28 heavy (non-hydrogen) atoms. The van der Waals surface area contributed by atoms with Crippen LogP contribution in [0.15, 0.2) is 24.3 Å². The van der Waals surface area contributed by atoms with E-state index >= 15 is 0 Å². The van der Waals surface area contributed by atoms with Crippen LogP contribution in [0.2, 0.25) is 0 Å². The van der Waals surface area contributed by atoms with E-state index in [9.17, 15) is 19.5 Å². The molecule has 1 aromatic carbocycles. The molecule has 1 saturated heterocycles. The summed E-state index contributed by atoms with van der Waals surface area (Å²) in [6.07, 6.45) is 5.87. The molecule has 2 fully saturated rings. The van der Waals surface area contributed by atoms with Crippen LogP contribution in [-0.4, -0.2) is 51.8 Å². The Labute approximate surface area is 165 Å². The average molecular weight is 384 g/mol. The zero-order valence-electron chi connectivity index (χ0n) is 16.2. The topological polar surface area (TPSA) is 77.9 Å². The molecule has 1 N–H and O–H groups in total. The Kier molecular flexibility index (Phi) is 5.38. The third-order valence-electron chi connectivity index (χ3n) is 6.68. The van der Waals surface area contributed by atoms with Gasteiger partial charge in [-0.1, -0.05) is 37.1 Å². The molecule has 0 spiro atoms. The minimum Gasteiger partial charge on any atom is -0.480 e. The number of likely N-dealkylation sites (tertiary alicyclic amines) is 1. The predicted molar refractivity (Wildman–Crippen MR) is 103 cm³/mol. The third kappa shape index (κ3) is 3.64. The van der Waals surface area contributed by atoms with Gasteiger partial charge in [-0.15, -0.1) is 0 Å². The van der Waals surface area contributed by atoms with Crippen molar-refractivity contribution in [3.8, 4) is 0 Å². The Morgan fingerprint density at radius 2 is 1.46 bits per heavy atom. The van der Waals surface area contributed by atoms with Gasteiger partial charge in [0.05, 0.1) is 0 Å². The molecule has 150 valence electrons. The largest absolute Gasteiger partial charge is 0.480 e. The van der Waals surface area contributed by atoms with E-state index in [2.05, 4.69) is 0 Å². The number of hydrogen-bond donors (Lipinski definition) is 1. The molecule has 0 aromatic heterocycles. The number of fused-ring (bicyclic) bond motifs is 1. The lowest BCUT2D eigenvalue weighted by Crippen LogP contribution is -2.52. The van der Waals surface area contributed by atoms with Gasteiger partial charge in [-0.2, -0.15) is 0 Å². The first-order valence-corrected chi connectivity index (χ1v) is 10.4. The van der Waals surface area contributed by atoms with Crippen LogP contribution in [0.4, 0.5) is 0 Å². The van der Waals surface area contributed by atoms with E-state index in [-0.39, 0.29) is 23.7 Å². The van der Waals surface area contributed by atoms with Crippen LogP contribution in [0.5, 0.6) is 0 Å². The summed E-state index contributed by atoms with van der Waals surface area (Å²) in [5.41, 5.74) is 2.04. The van der Waals surface area contributed by atoms with Gasteiger partial charge in [0.15, 0.2) is 0 Å². The minimum absolute atomic E-state index is 0.0742. The molecule has 6 nitrogen and oxygen atoms in total. The van der Waals surface area contributed by atoms with E-state index in [1.807, 2.05) is 29.2 Å². The number of hydrogen-bond acceptors (Lipinski definition) is 3. The molecule has 3 aliphatic rings. The Morgan fingerprint density at radius 1 is 0.857 bits per heavy atom. The summed E-state index contributed by atoms with van der Waals surface area (Å²) in [6, 6.07) is 6.94. The number of aliphatic carboxylic acids is 1. The molecule has 1 aliphatic carbocycles. The van der Waals surface area contributed by atoms with Gasteiger partial charge in [0, 0.05) is 37.9 Å². The molecule has 1 saturated carbocycles. The SMILES string of the molecule is O=C(O)C1Cc2ccccc2CN1C(=O)C1CCN(C(=O)C2CCCC2)CC1. The van der Waals surface area contributed by atoms with E-state index in [0.29, 0.717) is 38.9 Å². The maximum atomic E-state index is 13.2. The van der Waals surface area contributed by atoms with E-state index in [1.54, 1.807) is 4.90 Å². The van der Waals surface area contributed by atoms with Gasteiger partial charge < -0.3 is 14.9 Å². The van der Waals surface area contributed by atoms with Crippen molar-refractivity contribution in [3.63, 3.8) is 0 Å². The van der Waals surface area contributed by atoms with Crippen LogP contribution in [0.3, 0.4) is 0 Å². The molecule has 1 unspecified atom stereocenters. The summed E-state index contributed by atoms with van der Waals surface area (Å²) in [7, 11) is 0. The maximum Gasteiger partial charge on any atom is 0.326 e. The van der Waals surface area contributed by atoms with Gasteiger partial charge in [-0.05, 0) is 36.8 Å². The first-order chi connectivity index (χ1) is 13.5. The maximum absolute atomic E-state index is 13.2. The highest BCUT2D eigenvalue weighted by Gasteiger charge is 2.39. The molecule has 2 heterocycles. The third-order valence-corrected chi connectivity index (χ3v) is 6.68. The molecule has 1 atom stereocenters. The molecule has 0 radical (unpaired) electrons. The van der Waals surface area contributed by atoms with Crippen molar-refractivity contribution >= 4 is 17.8 Å². The van der Waals surface area contributed by atoms with Crippen LogP contribution >= 0.6 is 0 Å². The Hall–Kier alpha value is -2.37. The number of nitrogens with zero attached hydrogens (tertiary/aromatic N) is 2. The molecule has 1 aromatic rings. The minimum atomic E-state index is -0.947. The van der Waals surface area contributed by atoms with Crippen LogP contribution in [0.1, 0.15) is 49.7 Å². The van der Waals surface area contributed by atoms with Gasteiger partial charge in [0.1, 0.15) is 6.04 Å². The lowest BCUT2D eigenvalue weighted by atomic mass is 9.89. The number of rotatable bonds is 3. The Balaban J connectivity index is 1.41. The summed E-state index contributed by atoms with van der Waals surface area (Å²) < 4.78 is 0. The second-order valence-corrected chi connectivity index (χ2v) is 8.37. The zero-order chi connectivity index (χ0) is 19.7. The van der Waals surface area contributed by atoms with Crippen LogP contribution in [-0.2, 0) is 27.3 Å². The van der Waals surface area contributed by atoms with E-state index in [4.69, 9.17) is 0 Å². The summed E-state index contributed by atoms with van der Waals surface area (Å²) in [6.45, 7) is 1.56. The number of carbonyl (C=O) groups excluding carboxylic acids is 2. The predicted octanol–water partition coefficient (Wildman–Crippen LogP) is 2.45. The van der Waals surface area contributed by atoms with Gasteiger partial charge in [0.25, 0.3) is 0 Å². The lowest BCUT2D eigenvalue weighted by Gasteiger charge is -2.39. The fourth-order valence-corrected chi connectivity index (χ4v) is 4.99. The van der Waals surface area contributed by atoms with Crippen molar-refractivity contribution in [2.45, 2.75) is 57.5 Å². The fraction of sp³-hybridized carbons (Fsp3) is 0.591. The van der Waals surface area contributed by atoms with Crippen molar-refractivity contribution in [3.05, 3.63) is 35.4 Å². The van der Waals surface area contributed by atoms with Gasteiger partial charge in [0.2, 0.25) is 11.8 Å². The number of piperidine rings is 1. The summed E-state index contributed by atoms with van der Waals surface area (Å²) in [4.78, 5) is 41.0. The normalized spacial score (nSPS) is 23.5. The van der Waals surface area contributed by atoms with Crippen LogP contribution < -0.4 is 0 Å². The second kappa shape index (κ2) is 7.94. The van der Waals surface area contributed by atoms with Crippen molar-refractivity contribution in [1.29, 1.82) is 0 Å². The smallest absolute Gasteiger partial charge is 0.326 e. The fourth-order valence-electron chi connectivity index (χ4n) is 4.99. The number of carboxylic acid groups (broad SMARTS) is 1. The highest BCUT2D eigenvalue weighted by Crippen LogP contribution is 2.31. The Morgan fingerprint density at radius 3 is 2.11 bits per heavy atom. The molecule has 6 heteroatoms. The summed E-state index contributed by atoms with van der Waals surface area (Å²) >= 11 is 0. The van der Waals surface area contributed by atoms with Crippen LogP contribution in [0.25, 0.3) is 0 Å².